The summed E-state index contributed by atoms with van der Waals surface area (Å²) in [6, 6.07) is 0. The van der Waals surface area contributed by atoms with Crippen LogP contribution in [0.25, 0.3) is 0 Å². The second-order valence-electron chi connectivity index (χ2n) is 2.27. The Morgan fingerprint density at radius 1 is 1.00 bits per heavy atom. The van der Waals surface area contributed by atoms with Gasteiger partial charge in [0.2, 0.25) is 0 Å². The van der Waals surface area contributed by atoms with E-state index in [4.69, 9.17) is 0 Å². The van der Waals surface area contributed by atoms with E-state index in [0.717, 1.165) is 6.42 Å². The van der Waals surface area contributed by atoms with Crippen molar-refractivity contribution in [2.24, 2.45) is 0 Å². The van der Waals surface area contributed by atoms with E-state index < -0.39 is 0 Å². The molecule has 0 aromatic carbocycles. The number of unbranched alkanes of at least 4 members (excludes halogenated alkanes) is 5. The van der Waals surface area contributed by atoms with Gasteiger partial charge in [0, 0.05) is 26.2 Å². The molecular formula is C8H19OZr-. The molecule has 0 aromatic heterocycles. The first kappa shape index (κ1) is 17.1. The fourth-order valence-electron chi connectivity index (χ4n) is 0.780. The van der Waals surface area contributed by atoms with Crippen molar-refractivity contribution < 1.29 is 31.7 Å². The molecule has 0 amide bonds. The minimum atomic E-state index is 0. The van der Waals surface area contributed by atoms with Gasteiger partial charge in [-0.1, -0.05) is 39.0 Å². The van der Waals surface area contributed by atoms with Gasteiger partial charge in [-0.25, -0.2) is 0 Å². The van der Waals surface area contributed by atoms with Crippen LogP contribution in [-0.4, -0.2) is 5.48 Å². The largest absolute Gasteiger partial charge is 0.412 e. The van der Waals surface area contributed by atoms with Crippen molar-refractivity contribution in [2.75, 3.05) is 0 Å². The predicted molar refractivity (Wildman–Crippen MR) is 42.3 cm³/mol. The molecule has 0 radical (unpaired) electrons. The molecule has 10 heavy (non-hydrogen) atoms. The molecule has 0 atom stereocenters. The monoisotopic (exact) mass is 221 g/mol. The number of rotatable bonds is 5. The topological polar surface area (TPSA) is 31.5 Å². The fraction of sp³-hybridized carbons (Fsp3) is 0.875. The quantitative estimate of drug-likeness (QED) is 0.505. The summed E-state index contributed by atoms with van der Waals surface area (Å²) >= 11 is 0. The smallest absolute Gasteiger partial charge is 0 e. The molecule has 0 spiro atoms. The number of hydrogen-bond donors (Lipinski definition) is 0. The third-order valence-electron chi connectivity index (χ3n) is 1.35. The Morgan fingerprint density at radius 2 is 1.50 bits per heavy atom. The Bertz CT molecular complexity index is 34.2. The van der Waals surface area contributed by atoms with Crippen molar-refractivity contribution in [1.82, 2.24) is 0 Å². The molecule has 0 aromatic rings. The van der Waals surface area contributed by atoms with E-state index in [-0.39, 0.29) is 31.7 Å². The minimum absolute atomic E-state index is 0. The van der Waals surface area contributed by atoms with Gasteiger partial charge in [0.15, 0.2) is 0 Å². The molecule has 62 valence electrons. The van der Waals surface area contributed by atoms with Crippen LogP contribution in [0, 0.1) is 6.92 Å². The maximum Gasteiger partial charge on any atom is 0 e. The van der Waals surface area contributed by atoms with E-state index in [1.54, 1.807) is 0 Å². The summed E-state index contributed by atoms with van der Waals surface area (Å²) in [6.45, 7) is 6.02. The molecule has 0 heterocycles. The zero-order chi connectivity index (χ0) is 6.24. The summed E-state index contributed by atoms with van der Waals surface area (Å²) in [5, 5.41) is 0. The van der Waals surface area contributed by atoms with Crippen LogP contribution >= 0.6 is 0 Å². The Kier molecular flexibility index (Phi) is 28.1. The first-order valence-electron chi connectivity index (χ1n) is 3.71. The third-order valence-corrected chi connectivity index (χ3v) is 1.35. The third kappa shape index (κ3) is 15.9. The van der Waals surface area contributed by atoms with Gasteiger partial charge in [-0.15, -0.1) is 0 Å². The van der Waals surface area contributed by atoms with Crippen LogP contribution in [0.2, 0.25) is 0 Å². The van der Waals surface area contributed by atoms with Gasteiger partial charge in [-0.3, -0.25) is 0 Å². The Balaban J connectivity index is -0.000000245. The molecule has 2 heteroatoms. The summed E-state index contributed by atoms with van der Waals surface area (Å²) in [4.78, 5) is 0. The number of hydrogen-bond acceptors (Lipinski definition) is 0. The van der Waals surface area contributed by atoms with E-state index in [1.165, 1.54) is 32.1 Å². The second kappa shape index (κ2) is 16.4. The van der Waals surface area contributed by atoms with Crippen LogP contribution in [0.5, 0.6) is 0 Å². The molecule has 0 aliphatic heterocycles. The molecular weight excluding hydrogens is 203 g/mol. The van der Waals surface area contributed by atoms with Gasteiger partial charge in [-0.2, -0.15) is 6.42 Å². The summed E-state index contributed by atoms with van der Waals surface area (Å²) in [5.74, 6) is 0. The van der Waals surface area contributed by atoms with Crippen LogP contribution in [0.4, 0.5) is 0 Å². The van der Waals surface area contributed by atoms with Crippen LogP contribution in [-0.2, 0) is 26.2 Å². The zero-order valence-corrected chi connectivity index (χ0v) is 9.41. The van der Waals surface area contributed by atoms with E-state index in [1.807, 2.05) is 0 Å². The average molecular weight is 222 g/mol. The van der Waals surface area contributed by atoms with Crippen LogP contribution in [0.1, 0.15) is 45.4 Å². The molecule has 0 fully saturated rings. The Labute approximate surface area is 84.0 Å². The Morgan fingerprint density at radius 3 is 1.90 bits per heavy atom. The van der Waals surface area contributed by atoms with E-state index in [2.05, 4.69) is 13.8 Å². The second-order valence-corrected chi connectivity index (χ2v) is 2.27. The maximum atomic E-state index is 3.78. The minimum Gasteiger partial charge on any atom is -0.412 e. The van der Waals surface area contributed by atoms with E-state index in [9.17, 15) is 0 Å². The van der Waals surface area contributed by atoms with Crippen molar-refractivity contribution in [3.8, 4) is 0 Å². The van der Waals surface area contributed by atoms with Gasteiger partial charge < -0.3 is 12.4 Å². The molecule has 0 unspecified atom stereocenters. The Hall–Kier alpha value is 0.843. The van der Waals surface area contributed by atoms with Gasteiger partial charge in [0.1, 0.15) is 0 Å². The van der Waals surface area contributed by atoms with Crippen LogP contribution in [0.3, 0.4) is 0 Å². The van der Waals surface area contributed by atoms with Crippen molar-refractivity contribution >= 4 is 0 Å². The zero-order valence-electron chi connectivity index (χ0n) is 6.95. The first-order valence-corrected chi connectivity index (χ1v) is 3.71. The SMILES string of the molecule is O.[CH2-]CCCCCCC.[Zr]. The van der Waals surface area contributed by atoms with E-state index in [0.29, 0.717) is 0 Å². The molecule has 0 saturated heterocycles. The normalized spacial score (nSPS) is 7.80. The van der Waals surface area contributed by atoms with Gasteiger partial charge >= 0.3 is 0 Å². The van der Waals surface area contributed by atoms with Crippen molar-refractivity contribution in [3.63, 3.8) is 0 Å². The fourth-order valence-corrected chi connectivity index (χ4v) is 0.780. The summed E-state index contributed by atoms with van der Waals surface area (Å²) in [5.41, 5.74) is 0. The van der Waals surface area contributed by atoms with Gasteiger partial charge in [0.05, 0.1) is 0 Å². The molecule has 0 rings (SSSR count). The van der Waals surface area contributed by atoms with E-state index >= 15 is 0 Å². The molecule has 0 bridgehead atoms. The molecule has 0 aliphatic rings. The molecule has 0 saturated carbocycles. The van der Waals surface area contributed by atoms with Crippen LogP contribution < -0.4 is 0 Å². The maximum absolute atomic E-state index is 3.78. The standard InChI is InChI=1S/C8H17.H2O.Zr/c1-3-5-7-8-6-4-2;;/h1,3-8H2,2H3;1H2;/q-1;;. The van der Waals surface area contributed by atoms with Crippen molar-refractivity contribution in [1.29, 1.82) is 0 Å². The first-order chi connectivity index (χ1) is 3.91. The average Bonchev–Trinajstić information content (AvgIpc) is 1.81. The molecule has 0 aliphatic carbocycles. The summed E-state index contributed by atoms with van der Waals surface area (Å²) in [6.07, 6.45) is 7.98. The van der Waals surface area contributed by atoms with Crippen LogP contribution in [0.15, 0.2) is 0 Å². The summed E-state index contributed by atoms with van der Waals surface area (Å²) < 4.78 is 0. The van der Waals surface area contributed by atoms with Gasteiger partial charge in [0.25, 0.3) is 0 Å². The van der Waals surface area contributed by atoms with Crippen molar-refractivity contribution in [3.05, 3.63) is 6.92 Å². The molecule has 1 nitrogen and oxygen atoms in total. The molecule has 2 N–H and O–H groups in total. The van der Waals surface area contributed by atoms with Crippen molar-refractivity contribution in [2.45, 2.75) is 45.4 Å². The van der Waals surface area contributed by atoms with Gasteiger partial charge in [-0.05, 0) is 0 Å². The summed E-state index contributed by atoms with van der Waals surface area (Å²) in [7, 11) is 0. The predicted octanol–water partition coefficient (Wildman–Crippen LogP) is 2.35.